The van der Waals surface area contributed by atoms with Gasteiger partial charge in [0.05, 0.1) is 48.0 Å². The number of carbonyl (C=O) groups excluding carboxylic acids is 1. The fraction of sp³-hybridized carbons (Fsp3) is 0.682. The number of aliphatic imine (C=N–C) groups is 2. The quantitative estimate of drug-likeness (QED) is 0.0161. The first-order chi connectivity index (χ1) is 33.5. The summed E-state index contributed by atoms with van der Waals surface area (Å²) in [5, 5.41) is 88.2. The number of guanidine groups is 2. The van der Waals surface area contributed by atoms with E-state index in [0.29, 0.717) is 47.7 Å². The summed E-state index contributed by atoms with van der Waals surface area (Å²) in [4.78, 5) is 37.3. The highest BCUT2D eigenvalue weighted by atomic mass is 33.1. The van der Waals surface area contributed by atoms with E-state index in [2.05, 4.69) is 15.3 Å². The van der Waals surface area contributed by atoms with Crippen molar-refractivity contribution < 1.29 is 79.0 Å². The Balaban J connectivity index is 1.57. The molecule has 22 nitrogen and oxygen atoms in total. The van der Waals surface area contributed by atoms with Gasteiger partial charge in [0.25, 0.3) is 0 Å². The summed E-state index contributed by atoms with van der Waals surface area (Å²) in [5.41, 5.74) is 18.3. The highest BCUT2D eigenvalue weighted by Gasteiger charge is 2.58. The van der Waals surface area contributed by atoms with E-state index in [1.807, 2.05) is 6.08 Å². The van der Waals surface area contributed by atoms with Crippen molar-refractivity contribution in [2.75, 3.05) is 57.6 Å². The van der Waals surface area contributed by atoms with Gasteiger partial charge in [0.2, 0.25) is 12.1 Å². The van der Waals surface area contributed by atoms with Gasteiger partial charge in [-0.3, -0.25) is 14.9 Å². The van der Waals surface area contributed by atoms with E-state index in [1.165, 1.54) is 38.6 Å². The number of fused-ring (bicyclic) bond motifs is 2. The SMILES string of the molecule is CC(C)O[C@H]1[C@H](O[C@@H]2OC=C3C(=O)O[C@@H]4CC[C@@H](CO)[C@@H]4CSS[C@H]4[C@@H](CCN=C(N)N)SSC/C=C/[C@@H]2[C@@H]3/C=C/C2=C(NC(N)=NCCCO)C(C(=O)O)=C[NH+](C2)[C@H]4CO)O[C@H](CO)[C@@H](O)C1(O)O. The first kappa shape index (κ1) is 56.2. The summed E-state index contributed by atoms with van der Waals surface area (Å²) >= 11 is 0. The van der Waals surface area contributed by atoms with Crippen molar-refractivity contribution in [3.05, 3.63) is 59.2 Å². The number of hydrogen-bond acceptors (Lipinski definition) is 20. The monoisotopic (exact) mass is 1060 g/mol. The molecule has 4 bridgehead atoms. The van der Waals surface area contributed by atoms with Crippen LogP contribution in [0, 0.1) is 23.7 Å². The minimum atomic E-state index is -2.97. The van der Waals surface area contributed by atoms with E-state index in [9.17, 15) is 50.4 Å². The third-order valence-electron chi connectivity index (χ3n) is 12.9. The molecule has 0 radical (unpaired) electrons. The van der Waals surface area contributed by atoms with Gasteiger partial charge in [-0.05, 0) is 45.4 Å². The second-order valence-electron chi connectivity index (χ2n) is 17.9. The third-order valence-corrected chi connectivity index (χ3v) is 18.9. The minimum absolute atomic E-state index is 0.0570. The average Bonchev–Trinajstić information content (AvgIpc) is 3.70. The molecule has 26 heteroatoms. The summed E-state index contributed by atoms with van der Waals surface area (Å²) in [7, 11) is 6.12. The molecular formula is C44H68N7O15S4+. The molecule has 0 amide bonds. The van der Waals surface area contributed by atoms with Crippen LogP contribution in [-0.4, -0.2) is 188 Å². The van der Waals surface area contributed by atoms with Gasteiger partial charge in [-0.15, -0.1) is 0 Å². The number of hydrogen-bond donors (Lipinski definition) is 13. The number of quaternary nitrogens is 1. The van der Waals surface area contributed by atoms with Crippen molar-refractivity contribution in [3.8, 4) is 0 Å². The van der Waals surface area contributed by atoms with Crippen molar-refractivity contribution in [3.63, 3.8) is 0 Å². The zero-order valence-corrected chi connectivity index (χ0v) is 42.2. The molecule has 70 heavy (non-hydrogen) atoms. The van der Waals surface area contributed by atoms with Gasteiger partial charge in [0.15, 0.2) is 24.3 Å². The van der Waals surface area contributed by atoms with Gasteiger partial charge in [-0.1, -0.05) is 67.5 Å². The zero-order valence-electron chi connectivity index (χ0n) is 38.9. The molecule has 6 aliphatic rings. The number of carbonyl (C=O) groups is 2. The van der Waals surface area contributed by atoms with Crippen molar-refractivity contribution >= 4 is 67.0 Å². The first-order valence-electron chi connectivity index (χ1n) is 23.2. The van der Waals surface area contributed by atoms with E-state index in [-0.39, 0.29) is 90.6 Å². The highest BCUT2D eigenvalue weighted by Crippen LogP contribution is 2.46. The molecule has 6 rings (SSSR count). The van der Waals surface area contributed by atoms with E-state index in [4.69, 9.17) is 40.9 Å². The fourth-order valence-electron chi connectivity index (χ4n) is 9.29. The molecule has 2 fully saturated rings. The summed E-state index contributed by atoms with van der Waals surface area (Å²) in [6, 6.07) is -0.615. The van der Waals surface area contributed by atoms with Crippen LogP contribution < -0.4 is 27.4 Å². The topological polar surface area (TPSA) is 361 Å². The predicted octanol–water partition coefficient (Wildman–Crippen LogP) is -1.97. The molecule has 16 N–H and O–H groups in total. The van der Waals surface area contributed by atoms with Gasteiger partial charge in [0, 0.05) is 60.5 Å². The number of nitrogens with two attached hydrogens (primary N) is 3. The summed E-state index contributed by atoms with van der Waals surface area (Å²) in [6.45, 7) is 2.30. The number of ether oxygens (including phenoxy) is 5. The van der Waals surface area contributed by atoms with Gasteiger partial charge >= 0.3 is 11.9 Å². The number of esters is 1. The largest absolute Gasteiger partial charge is 0.477 e. The number of carboxylic acids is 1. The lowest BCUT2D eigenvalue weighted by Gasteiger charge is -2.48. The first-order valence-corrected chi connectivity index (χ1v) is 28.0. The Kier molecular flexibility index (Phi) is 21.1. The molecule has 1 saturated heterocycles. The maximum atomic E-state index is 14.7. The molecule has 14 atom stereocenters. The molecule has 5 heterocycles. The highest BCUT2D eigenvalue weighted by molar-refractivity contribution is 8.78. The van der Waals surface area contributed by atoms with Crippen LogP contribution in [0.3, 0.4) is 0 Å². The van der Waals surface area contributed by atoms with Crippen LogP contribution in [0.2, 0.25) is 0 Å². The lowest BCUT2D eigenvalue weighted by atomic mass is 9.82. The maximum absolute atomic E-state index is 14.7. The van der Waals surface area contributed by atoms with Crippen LogP contribution in [0.1, 0.15) is 39.5 Å². The Bertz CT molecular complexity index is 2020. The van der Waals surface area contributed by atoms with Gasteiger partial charge < -0.3 is 87.1 Å². The van der Waals surface area contributed by atoms with E-state index in [0.717, 1.165) is 0 Å². The van der Waals surface area contributed by atoms with Crippen LogP contribution in [0.15, 0.2) is 69.2 Å². The average molecular weight is 1060 g/mol. The Hall–Kier alpha value is -3.06. The van der Waals surface area contributed by atoms with Gasteiger partial charge in [-0.25, -0.2) is 9.59 Å². The Morgan fingerprint density at radius 1 is 1.03 bits per heavy atom. The van der Waals surface area contributed by atoms with Crippen LogP contribution in [0.4, 0.5) is 0 Å². The number of carboxylic acid groups (broad SMARTS) is 1. The van der Waals surface area contributed by atoms with E-state index >= 15 is 0 Å². The Morgan fingerprint density at radius 2 is 1.81 bits per heavy atom. The molecule has 1 saturated carbocycles. The Labute approximate surface area is 422 Å². The number of allylic oxidation sites excluding steroid dienone is 1. The molecule has 5 aliphatic heterocycles. The summed E-state index contributed by atoms with van der Waals surface area (Å²) < 4.78 is 30.9. The standard InChI is InChI=1S/C44H67N7O15S4/c1-22(2)63-37-41(65-32(19-55)36(56)44(37,60)61)66-40-26-5-3-14-67-69-33(10-12-48-42(45)46)35-30(18-54)51-15-23(34(27(16-51)38(57)58)50-43(47)49-11-4-13-52)6-8-25(26)28(20-62-40)39(59)64-31-9-7-24(17-53)29(31)21-68-70-35/h3,5-6,8,16,20,22,24-26,29-33,35-37,40-41,52-56,60-61H,4,7,9-15,17-19,21H2,1-2H3,(H,57,58)(H4,45,46,48)(H3,47,49,50)/p+1/b5-3+,8-6+/t24-,25-,26+,29-,30-,31+,32+,33+,35+,36+,37-,40-,41-/m0/s1. The summed E-state index contributed by atoms with van der Waals surface area (Å²) in [6.07, 6.45) is 2.04. The zero-order chi connectivity index (χ0) is 50.7. The molecular weight excluding hydrogens is 995 g/mol. The van der Waals surface area contributed by atoms with Crippen LogP contribution >= 0.6 is 43.2 Å². The number of nitrogens with zero attached hydrogens (tertiary/aromatic N) is 2. The Morgan fingerprint density at radius 3 is 2.50 bits per heavy atom. The minimum Gasteiger partial charge on any atom is -0.477 e. The van der Waals surface area contributed by atoms with Gasteiger partial charge in [-0.2, -0.15) is 0 Å². The number of aliphatic carboxylic acids is 1. The van der Waals surface area contributed by atoms with E-state index in [1.54, 1.807) is 49.1 Å². The molecule has 1 aliphatic carbocycles. The molecule has 0 aromatic heterocycles. The maximum Gasteiger partial charge on any atom is 0.343 e. The molecule has 0 aromatic carbocycles. The van der Waals surface area contributed by atoms with Crippen LogP contribution in [0.5, 0.6) is 0 Å². The summed E-state index contributed by atoms with van der Waals surface area (Å²) in [5.74, 6) is -6.71. The number of rotatable bonds is 15. The number of aliphatic hydroxyl groups excluding tert-OH is 5. The fourth-order valence-corrected chi connectivity index (χ4v) is 16.2. The second-order valence-corrected chi connectivity index (χ2v) is 23.2. The molecule has 0 spiro atoms. The van der Waals surface area contributed by atoms with Crippen LogP contribution in [0.25, 0.3) is 0 Å². The van der Waals surface area contributed by atoms with Crippen molar-refractivity contribution in [2.45, 2.75) is 105 Å². The smallest absolute Gasteiger partial charge is 0.343 e. The van der Waals surface area contributed by atoms with Crippen molar-refractivity contribution in [2.24, 2.45) is 50.9 Å². The predicted molar refractivity (Wildman–Crippen MR) is 265 cm³/mol. The number of aliphatic hydroxyl groups is 7. The van der Waals surface area contributed by atoms with Crippen molar-refractivity contribution in [1.82, 2.24) is 5.32 Å². The van der Waals surface area contributed by atoms with Crippen molar-refractivity contribution in [1.29, 1.82) is 0 Å². The van der Waals surface area contributed by atoms with E-state index < -0.39 is 85.3 Å². The van der Waals surface area contributed by atoms with Gasteiger partial charge in [0.1, 0.15) is 42.7 Å². The lowest BCUT2D eigenvalue weighted by molar-refractivity contribution is -0.870. The molecule has 0 aromatic rings. The number of nitrogens with one attached hydrogen (secondary N) is 2. The normalized spacial score (nSPS) is 35.9. The second kappa shape index (κ2) is 26.2. The molecule has 1 unspecified atom stereocenters. The van der Waals surface area contributed by atoms with Crippen LogP contribution in [-0.2, 0) is 33.3 Å². The lowest BCUT2D eigenvalue weighted by Crippen LogP contribution is -3.14. The molecule has 392 valence electrons. The third kappa shape index (κ3) is 13.8.